The summed E-state index contributed by atoms with van der Waals surface area (Å²) in [5.74, 6) is 0. The van der Waals surface area contributed by atoms with Gasteiger partial charge in [0.05, 0.1) is 11.7 Å². The molecule has 1 aliphatic rings. The molecule has 0 radical (unpaired) electrons. The van der Waals surface area contributed by atoms with E-state index in [1.54, 1.807) is 6.20 Å². The van der Waals surface area contributed by atoms with Crippen LogP contribution in [0.25, 0.3) is 0 Å². The van der Waals surface area contributed by atoms with E-state index in [-0.39, 0.29) is 12.1 Å². The molecule has 1 aliphatic heterocycles. The van der Waals surface area contributed by atoms with Gasteiger partial charge in [0.1, 0.15) is 0 Å². The Morgan fingerprint density at radius 3 is 2.62 bits per heavy atom. The van der Waals surface area contributed by atoms with E-state index in [2.05, 4.69) is 41.2 Å². The number of aromatic nitrogens is 1. The van der Waals surface area contributed by atoms with Crippen molar-refractivity contribution < 1.29 is 4.79 Å². The van der Waals surface area contributed by atoms with Gasteiger partial charge in [-0.05, 0) is 24.7 Å². The Labute approximate surface area is 143 Å². The van der Waals surface area contributed by atoms with Crippen LogP contribution in [0.15, 0.2) is 48.8 Å². The van der Waals surface area contributed by atoms with Gasteiger partial charge in [0.2, 0.25) is 0 Å². The number of nitrogens with one attached hydrogen (secondary N) is 1. The zero-order valence-corrected chi connectivity index (χ0v) is 14.3. The van der Waals surface area contributed by atoms with Crippen LogP contribution in [-0.4, -0.2) is 47.0 Å². The third kappa shape index (κ3) is 3.26. The van der Waals surface area contributed by atoms with E-state index < -0.39 is 0 Å². The smallest absolute Gasteiger partial charge is 0.312 e. The summed E-state index contributed by atoms with van der Waals surface area (Å²) in [5.41, 5.74) is 3.01. The van der Waals surface area contributed by atoms with Gasteiger partial charge < -0.3 is 15.1 Å². The molecule has 5 nitrogen and oxygen atoms in total. The minimum Gasteiger partial charge on any atom is -0.312 e. The van der Waals surface area contributed by atoms with Crippen LogP contribution in [-0.2, 0) is 0 Å². The Kier molecular flexibility index (Phi) is 5.11. The minimum absolute atomic E-state index is 0.0466. The second-order valence-corrected chi connectivity index (χ2v) is 5.93. The molecule has 0 saturated carbocycles. The number of anilines is 1. The highest BCUT2D eigenvalue weighted by molar-refractivity contribution is 5.93. The lowest BCUT2D eigenvalue weighted by molar-refractivity contribution is 0.179. The summed E-state index contributed by atoms with van der Waals surface area (Å²) in [6.07, 6.45) is 3.57. The highest BCUT2D eigenvalue weighted by Crippen LogP contribution is 2.36. The predicted octanol–water partition coefficient (Wildman–Crippen LogP) is 3.36. The number of nitrogens with zero attached hydrogens (tertiary/aromatic N) is 3. The lowest BCUT2D eigenvalue weighted by Crippen LogP contribution is -2.46. The Morgan fingerprint density at radius 2 is 1.92 bits per heavy atom. The summed E-state index contributed by atoms with van der Waals surface area (Å²) in [5, 5.41) is 3.00. The van der Waals surface area contributed by atoms with Gasteiger partial charge in [-0.1, -0.05) is 44.2 Å². The number of fused-ring (bicyclic) bond motifs is 1. The molecule has 0 spiro atoms. The van der Waals surface area contributed by atoms with E-state index in [1.807, 2.05) is 35.4 Å². The van der Waals surface area contributed by atoms with Crippen molar-refractivity contribution in [3.05, 3.63) is 59.9 Å². The molecule has 1 aromatic heterocycles. The second kappa shape index (κ2) is 7.45. The summed E-state index contributed by atoms with van der Waals surface area (Å²) in [4.78, 5) is 21.2. The third-order valence-corrected chi connectivity index (χ3v) is 4.63. The third-order valence-electron chi connectivity index (χ3n) is 4.63. The number of hydrogen-bond acceptors (Lipinski definition) is 3. The van der Waals surface area contributed by atoms with E-state index >= 15 is 0 Å². The molecule has 0 bridgehead atoms. The quantitative estimate of drug-likeness (QED) is 0.886. The Morgan fingerprint density at radius 1 is 1.17 bits per heavy atom. The first-order chi connectivity index (χ1) is 11.7. The minimum atomic E-state index is -0.0980. The fourth-order valence-electron chi connectivity index (χ4n) is 3.23. The highest BCUT2D eigenvalue weighted by Gasteiger charge is 2.33. The lowest BCUT2D eigenvalue weighted by Gasteiger charge is -2.38. The van der Waals surface area contributed by atoms with Crippen molar-refractivity contribution in [2.45, 2.75) is 19.9 Å². The van der Waals surface area contributed by atoms with Crippen molar-refractivity contribution in [1.29, 1.82) is 0 Å². The van der Waals surface area contributed by atoms with Crippen LogP contribution in [0, 0.1) is 0 Å². The Balaban J connectivity index is 1.95. The summed E-state index contributed by atoms with van der Waals surface area (Å²) in [7, 11) is 0. The average molecular weight is 324 g/mol. The second-order valence-electron chi connectivity index (χ2n) is 5.93. The highest BCUT2D eigenvalue weighted by atomic mass is 16.2. The van der Waals surface area contributed by atoms with Crippen molar-refractivity contribution in [3.63, 3.8) is 0 Å². The number of likely N-dealkylation sites (N-methyl/N-ethyl adjacent to an activating group) is 1. The van der Waals surface area contributed by atoms with Crippen molar-refractivity contribution in [2.24, 2.45) is 0 Å². The number of carbonyl (C=O) groups excluding carboxylic acids is 1. The van der Waals surface area contributed by atoms with Gasteiger partial charge in [-0.25, -0.2) is 4.79 Å². The zero-order valence-electron chi connectivity index (χ0n) is 14.3. The summed E-state index contributed by atoms with van der Waals surface area (Å²) in [6.45, 7) is 7.81. The molecular formula is C19H24N4O. The standard InChI is InChI=1S/C19H24N4O/c1-3-22(4-2)12-13-23-18(15-8-6-5-7-9-15)16-14-20-11-10-17(16)21-19(23)24/h5-11,14,18H,3-4,12-13H2,1-2H3,(H,21,24). The number of amides is 2. The average Bonchev–Trinajstić information content (AvgIpc) is 2.63. The molecule has 2 amide bonds. The first-order valence-electron chi connectivity index (χ1n) is 8.53. The molecule has 1 aromatic carbocycles. The SMILES string of the molecule is CCN(CC)CCN1C(=O)Nc2ccncc2C1c1ccccc1. The van der Waals surface area contributed by atoms with Crippen molar-refractivity contribution in [3.8, 4) is 0 Å². The largest absolute Gasteiger partial charge is 0.322 e. The molecule has 0 aliphatic carbocycles. The molecule has 126 valence electrons. The van der Waals surface area contributed by atoms with Crippen LogP contribution >= 0.6 is 0 Å². The first kappa shape index (κ1) is 16.5. The van der Waals surface area contributed by atoms with Gasteiger partial charge in [0, 0.05) is 31.0 Å². The molecule has 1 atom stereocenters. The van der Waals surface area contributed by atoms with Crippen molar-refractivity contribution >= 4 is 11.7 Å². The fraction of sp³-hybridized carbons (Fsp3) is 0.368. The number of benzene rings is 1. The molecule has 2 aromatic rings. The van der Waals surface area contributed by atoms with Crippen molar-refractivity contribution in [2.75, 3.05) is 31.5 Å². The maximum Gasteiger partial charge on any atom is 0.322 e. The summed E-state index contributed by atoms with van der Waals surface area (Å²) >= 11 is 0. The van der Waals surface area contributed by atoms with Gasteiger partial charge >= 0.3 is 6.03 Å². The molecule has 3 rings (SSSR count). The van der Waals surface area contributed by atoms with E-state index in [0.29, 0.717) is 6.54 Å². The number of pyridine rings is 1. The van der Waals surface area contributed by atoms with Crippen LogP contribution in [0.4, 0.5) is 10.5 Å². The molecule has 1 N–H and O–H groups in total. The number of hydrogen-bond donors (Lipinski definition) is 1. The van der Waals surface area contributed by atoms with E-state index in [1.165, 1.54) is 0 Å². The Bertz CT molecular complexity index is 685. The topological polar surface area (TPSA) is 48.5 Å². The molecule has 1 unspecified atom stereocenters. The molecule has 24 heavy (non-hydrogen) atoms. The summed E-state index contributed by atoms with van der Waals surface area (Å²) < 4.78 is 0. The van der Waals surface area contributed by atoms with Crippen LogP contribution in [0.2, 0.25) is 0 Å². The molecule has 0 fully saturated rings. The van der Waals surface area contributed by atoms with Gasteiger partial charge in [0.15, 0.2) is 0 Å². The molecular weight excluding hydrogens is 300 g/mol. The lowest BCUT2D eigenvalue weighted by atomic mass is 9.95. The monoisotopic (exact) mass is 324 g/mol. The van der Waals surface area contributed by atoms with Gasteiger partial charge in [-0.2, -0.15) is 0 Å². The van der Waals surface area contributed by atoms with Crippen LogP contribution in [0.3, 0.4) is 0 Å². The van der Waals surface area contributed by atoms with Gasteiger partial charge in [-0.15, -0.1) is 0 Å². The first-order valence-corrected chi connectivity index (χ1v) is 8.53. The molecule has 5 heteroatoms. The van der Waals surface area contributed by atoms with Gasteiger partial charge in [-0.3, -0.25) is 4.98 Å². The fourth-order valence-corrected chi connectivity index (χ4v) is 3.23. The van der Waals surface area contributed by atoms with Crippen LogP contribution in [0.1, 0.15) is 31.0 Å². The van der Waals surface area contributed by atoms with Crippen LogP contribution in [0.5, 0.6) is 0 Å². The van der Waals surface area contributed by atoms with Gasteiger partial charge in [0.25, 0.3) is 0 Å². The van der Waals surface area contributed by atoms with E-state index in [0.717, 1.165) is 36.4 Å². The molecule has 2 heterocycles. The number of rotatable bonds is 6. The summed E-state index contributed by atoms with van der Waals surface area (Å²) in [6, 6.07) is 11.9. The molecule has 0 saturated heterocycles. The maximum absolute atomic E-state index is 12.7. The maximum atomic E-state index is 12.7. The van der Waals surface area contributed by atoms with E-state index in [4.69, 9.17) is 0 Å². The van der Waals surface area contributed by atoms with Crippen LogP contribution < -0.4 is 5.32 Å². The zero-order chi connectivity index (χ0) is 16.9. The Hall–Kier alpha value is -2.40. The number of carbonyl (C=O) groups is 1. The predicted molar refractivity (Wildman–Crippen MR) is 96.0 cm³/mol. The normalized spacial score (nSPS) is 16.9. The number of urea groups is 1. The van der Waals surface area contributed by atoms with E-state index in [9.17, 15) is 4.79 Å². The van der Waals surface area contributed by atoms with Crippen molar-refractivity contribution in [1.82, 2.24) is 14.8 Å².